The number of carboxylic acids is 1. The number of rotatable bonds is 4. The molecule has 0 atom stereocenters. The second-order valence-electron chi connectivity index (χ2n) is 3.86. The molecule has 0 aliphatic rings. The zero-order valence-corrected chi connectivity index (χ0v) is 11.8. The minimum Gasteiger partial charge on any atom is -0.488 e. The molecule has 2 rings (SSSR count). The van der Waals surface area contributed by atoms with Crippen molar-refractivity contribution in [2.75, 3.05) is 0 Å². The normalized spacial score (nSPS) is 9.80. The quantitative estimate of drug-likeness (QED) is 0.930. The van der Waals surface area contributed by atoms with E-state index in [0.29, 0.717) is 10.0 Å². The molecule has 6 heteroatoms. The first-order chi connectivity index (χ1) is 9.61. The van der Waals surface area contributed by atoms with Crippen molar-refractivity contribution in [3.63, 3.8) is 0 Å². The van der Waals surface area contributed by atoms with Crippen LogP contribution in [0.1, 0.15) is 21.6 Å². The molecule has 0 radical (unpaired) electrons. The standard InChI is InChI=1S/C14H9BrN2O3/c15-10-3-4-11(14(18)19)13(6-10)20-8-9-2-1-5-17-12(9)7-16/h1-6H,8H2,(H,18,19). The second-order valence-corrected chi connectivity index (χ2v) is 4.77. The molecule has 0 unspecified atom stereocenters. The van der Waals surface area contributed by atoms with Gasteiger partial charge in [-0.3, -0.25) is 0 Å². The summed E-state index contributed by atoms with van der Waals surface area (Å²) in [6.45, 7) is 0.0769. The number of carbonyl (C=O) groups is 1. The first kappa shape index (κ1) is 14.0. The summed E-state index contributed by atoms with van der Waals surface area (Å²) < 4.78 is 6.22. The van der Waals surface area contributed by atoms with E-state index in [-0.39, 0.29) is 23.6 Å². The van der Waals surface area contributed by atoms with E-state index in [9.17, 15) is 4.79 Å². The van der Waals surface area contributed by atoms with Crippen molar-refractivity contribution < 1.29 is 14.6 Å². The number of carboxylic acid groups (broad SMARTS) is 1. The summed E-state index contributed by atoms with van der Waals surface area (Å²) in [5, 5.41) is 18.0. The summed E-state index contributed by atoms with van der Waals surface area (Å²) >= 11 is 3.26. The molecule has 1 N–H and O–H groups in total. The van der Waals surface area contributed by atoms with Gasteiger partial charge in [0.15, 0.2) is 0 Å². The number of hydrogen-bond donors (Lipinski definition) is 1. The number of benzene rings is 1. The van der Waals surface area contributed by atoms with Crippen LogP contribution in [0.25, 0.3) is 0 Å². The molecule has 0 bridgehead atoms. The molecular formula is C14H9BrN2O3. The Hall–Kier alpha value is -2.39. The highest BCUT2D eigenvalue weighted by Gasteiger charge is 2.12. The Labute approximate surface area is 123 Å². The molecule has 20 heavy (non-hydrogen) atoms. The van der Waals surface area contributed by atoms with E-state index in [2.05, 4.69) is 20.9 Å². The molecule has 0 amide bonds. The van der Waals surface area contributed by atoms with Gasteiger partial charge in [-0.05, 0) is 24.3 Å². The molecule has 1 aromatic carbocycles. The molecule has 0 spiro atoms. The summed E-state index contributed by atoms with van der Waals surface area (Å²) in [5.74, 6) is -0.834. The second kappa shape index (κ2) is 6.17. The fraction of sp³-hybridized carbons (Fsp3) is 0.0714. The van der Waals surface area contributed by atoms with Gasteiger partial charge >= 0.3 is 5.97 Å². The highest BCUT2D eigenvalue weighted by molar-refractivity contribution is 9.10. The first-order valence-electron chi connectivity index (χ1n) is 5.61. The summed E-state index contributed by atoms with van der Waals surface area (Å²) in [5.41, 5.74) is 0.932. The van der Waals surface area contributed by atoms with Gasteiger partial charge in [0.2, 0.25) is 0 Å². The van der Waals surface area contributed by atoms with Crippen LogP contribution in [0.3, 0.4) is 0 Å². The lowest BCUT2D eigenvalue weighted by molar-refractivity contribution is 0.0691. The Morgan fingerprint density at radius 1 is 1.45 bits per heavy atom. The highest BCUT2D eigenvalue weighted by Crippen LogP contribution is 2.25. The van der Waals surface area contributed by atoms with Crippen LogP contribution < -0.4 is 4.74 Å². The van der Waals surface area contributed by atoms with E-state index in [1.807, 2.05) is 6.07 Å². The van der Waals surface area contributed by atoms with Crippen LogP contribution in [0.5, 0.6) is 5.75 Å². The number of aromatic nitrogens is 1. The van der Waals surface area contributed by atoms with Crippen molar-refractivity contribution in [2.24, 2.45) is 0 Å². The van der Waals surface area contributed by atoms with Gasteiger partial charge in [-0.25, -0.2) is 9.78 Å². The first-order valence-corrected chi connectivity index (χ1v) is 6.40. The predicted molar refractivity (Wildman–Crippen MR) is 74.4 cm³/mol. The Bertz CT molecular complexity index is 695. The molecule has 0 aliphatic carbocycles. The molecule has 0 saturated heterocycles. The van der Waals surface area contributed by atoms with Crippen molar-refractivity contribution >= 4 is 21.9 Å². The molecule has 0 aliphatic heterocycles. The average Bonchev–Trinajstić information content (AvgIpc) is 2.45. The maximum atomic E-state index is 11.1. The fourth-order valence-corrected chi connectivity index (χ4v) is 1.94. The maximum Gasteiger partial charge on any atom is 0.339 e. The summed E-state index contributed by atoms with van der Waals surface area (Å²) in [4.78, 5) is 15.0. The zero-order valence-electron chi connectivity index (χ0n) is 10.2. The monoisotopic (exact) mass is 332 g/mol. The van der Waals surface area contributed by atoms with Gasteiger partial charge in [-0.1, -0.05) is 22.0 Å². The average molecular weight is 333 g/mol. The highest BCUT2D eigenvalue weighted by atomic mass is 79.9. The molecule has 5 nitrogen and oxygen atoms in total. The fourth-order valence-electron chi connectivity index (χ4n) is 1.60. The Balaban J connectivity index is 2.25. The Kier molecular flexibility index (Phi) is 4.33. The van der Waals surface area contributed by atoms with Crippen molar-refractivity contribution in [1.29, 1.82) is 5.26 Å². The molecule has 100 valence electrons. The lowest BCUT2D eigenvalue weighted by Crippen LogP contribution is -2.05. The van der Waals surface area contributed by atoms with Crippen molar-refractivity contribution in [3.05, 3.63) is 57.8 Å². The smallest absolute Gasteiger partial charge is 0.339 e. The number of halogens is 1. The van der Waals surface area contributed by atoms with Crippen LogP contribution in [-0.4, -0.2) is 16.1 Å². The Morgan fingerprint density at radius 3 is 2.95 bits per heavy atom. The van der Waals surface area contributed by atoms with Crippen LogP contribution in [0, 0.1) is 11.3 Å². The molecule has 1 aromatic heterocycles. The summed E-state index contributed by atoms with van der Waals surface area (Å²) in [7, 11) is 0. The van der Waals surface area contributed by atoms with Crippen LogP contribution in [-0.2, 0) is 6.61 Å². The number of aromatic carboxylic acids is 1. The Morgan fingerprint density at radius 2 is 2.25 bits per heavy atom. The third-order valence-electron chi connectivity index (χ3n) is 2.55. The lowest BCUT2D eigenvalue weighted by atomic mass is 10.2. The zero-order chi connectivity index (χ0) is 14.5. The number of nitriles is 1. The SMILES string of the molecule is N#Cc1ncccc1COc1cc(Br)ccc1C(=O)O. The van der Waals surface area contributed by atoms with Gasteiger partial charge in [0.1, 0.15) is 29.7 Å². The van der Waals surface area contributed by atoms with E-state index in [1.165, 1.54) is 12.3 Å². The number of ether oxygens (including phenoxy) is 1. The third-order valence-corrected chi connectivity index (χ3v) is 3.05. The summed E-state index contributed by atoms with van der Waals surface area (Å²) in [6.07, 6.45) is 1.52. The largest absolute Gasteiger partial charge is 0.488 e. The number of nitrogens with zero attached hydrogens (tertiary/aromatic N) is 2. The molecule has 2 aromatic rings. The van der Waals surface area contributed by atoms with Gasteiger partial charge < -0.3 is 9.84 Å². The van der Waals surface area contributed by atoms with E-state index in [0.717, 1.165) is 0 Å². The van der Waals surface area contributed by atoms with Gasteiger partial charge in [0.25, 0.3) is 0 Å². The topological polar surface area (TPSA) is 83.2 Å². The number of hydrogen-bond acceptors (Lipinski definition) is 4. The maximum absolute atomic E-state index is 11.1. The minimum absolute atomic E-state index is 0.0654. The van der Waals surface area contributed by atoms with Crippen LogP contribution in [0.2, 0.25) is 0 Å². The van der Waals surface area contributed by atoms with Gasteiger partial charge in [-0.2, -0.15) is 5.26 Å². The van der Waals surface area contributed by atoms with E-state index < -0.39 is 5.97 Å². The van der Waals surface area contributed by atoms with Crippen molar-refractivity contribution in [1.82, 2.24) is 4.98 Å². The summed E-state index contributed by atoms with van der Waals surface area (Å²) in [6, 6.07) is 10.0. The molecule has 1 heterocycles. The number of pyridine rings is 1. The van der Waals surface area contributed by atoms with E-state index in [1.54, 1.807) is 24.3 Å². The lowest BCUT2D eigenvalue weighted by Gasteiger charge is -2.10. The molecular weight excluding hydrogens is 324 g/mol. The third kappa shape index (κ3) is 3.13. The van der Waals surface area contributed by atoms with Crippen LogP contribution in [0.4, 0.5) is 0 Å². The van der Waals surface area contributed by atoms with Crippen molar-refractivity contribution in [3.8, 4) is 11.8 Å². The van der Waals surface area contributed by atoms with Crippen molar-refractivity contribution in [2.45, 2.75) is 6.61 Å². The van der Waals surface area contributed by atoms with E-state index in [4.69, 9.17) is 15.1 Å². The van der Waals surface area contributed by atoms with Gasteiger partial charge in [0.05, 0.1) is 0 Å². The van der Waals surface area contributed by atoms with Gasteiger partial charge in [0, 0.05) is 16.2 Å². The molecule has 0 saturated carbocycles. The van der Waals surface area contributed by atoms with Crippen LogP contribution in [0.15, 0.2) is 41.0 Å². The minimum atomic E-state index is -1.07. The van der Waals surface area contributed by atoms with Gasteiger partial charge in [-0.15, -0.1) is 0 Å². The predicted octanol–water partition coefficient (Wildman–Crippen LogP) is 2.99. The molecule has 0 fully saturated rings. The van der Waals surface area contributed by atoms with Crippen LogP contribution >= 0.6 is 15.9 Å². The van der Waals surface area contributed by atoms with E-state index >= 15 is 0 Å².